The van der Waals surface area contributed by atoms with Crippen LogP contribution in [-0.4, -0.2) is 36.7 Å². The quantitative estimate of drug-likeness (QED) is 0.638. The van der Waals surface area contributed by atoms with E-state index in [1.165, 1.54) is 0 Å². The highest BCUT2D eigenvalue weighted by Crippen LogP contribution is 2.48. The molecule has 0 saturated heterocycles. The summed E-state index contributed by atoms with van der Waals surface area (Å²) in [6.45, 7) is 0.671. The van der Waals surface area contributed by atoms with E-state index in [0.717, 1.165) is 5.56 Å². The number of benzene rings is 1. The molecule has 0 atom stereocenters. The normalized spacial score (nSPS) is 15.7. The number of hydrogen-bond acceptors (Lipinski definition) is 4. The second-order valence-corrected chi connectivity index (χ2v) is 4.85. The van der Waals surface area contributed by atoms with E-state index in [0.29, 0.717) is 31.7 Å². The van der Waals surface area contributed by atoms with Crippen molar-refractivity contribution in [1.82, 2.24) is 0 Å². The summed E-state index contributed by atoms with van der Waals surface area (Å²) >= 11 is 0. The highest BCUT2D eigenvalue weighted by Gasteiger charge is 2.51. The van der Waals surface area contributed by atoms with Gasteiger partial charge in [-0.2, -0.15) is 0 Å². The van der Waals surface area contributed by atoms with E-state index in [4.69, 9.17) is 10.5 Å². The molecular formula is C14H18N2O4. The third-order valence-corrected chi connectivity index (χ3v) is 3.38. The molecule has 1 aromatic carbocycles. The average molecular weight is 278 g/mol. The number of nitrogens with two attached hydrogens (primary N) is 1. The molecule has 0 bridgehead atoms. The Kier molecular flexibility index (Phi) is 4.36. The van der Waals surface area contributed by atoms with Gasteiger partial charge in [-0.25, -0.2) is 0 Å². The second-order valence-electron chi connectivity index (χ2n) is 4.85. The van der Waals surface area contributed by atoms with E-state index in [9.17, 15) is 14.7 Å². The molecule has 1 fully saturated rings. The Morgan fingerprint density at radius 2 is 1.95 bits per heavy atom. The highest BCUT2D eigenvalue weighted by atomic mass is 16.5. The first-order valence-electron chi connectivity index (χ1n) is 6.50. The summed E-state index contributed by atoms with van der Waals surface area (Å²) in [5.41, 5.74) is 5.94. The van der Waals surface area contributed by atoms with Gasteiger partial charge in [-0.1, -0.05) is 12.1 Å². The molecule has 4 N–H and O–H groups in total. The lowest BCUT2D eigenvalue weighted by atomic mass is 9.96. The number of carboxylic acid groups (broad SMARTS) is 1. The third-order valence-electron chi connectivity index (χ3n) is 3.38. The lowest BCUT2D eigenvalue weighted by molar-refractivity contribution is -0.140. The maximum atomic E-state index is 11.5. The Morgan fingerprint density at radius 3 is 2.45 bits per heavy atom. The topological polar surface area (TPSA) is 102 Å². The molecule has 1 aromatic rings. The molecule has 1 amide bonds. The minimum atomic E-state index is -0.788. The van der Waals surface area contributed by atoms with Crippen LogP contribution >= 0.6 is 0 Å². The van der Waals surface area contributed by atoms with Crippen LogP contribution in [-0.2, 0) is 19.7 Å². The van der Waals surface area contributed by atoms with Crippen LogP contribution in [0.25, 0.3) is 0 Å². The number of hydrogen-bond donors (Lipinski definition) is 3. The van der Waals surface area contributed by atoms with Crippen LogP contribution in [0.1, 0.15) is 18.4 Å². The lowest BCUT2D eigenvalue weighted by Crippen LogP contribution is -2.21. The van der Waals surface area contributed by atoms with Crippen LogP contribution in [0.5, 0.6) is 0 Å². The Hall–Kier alpha value is -1.92. The molecule has 0 aromatic heterocycles. The molecule has 0 unspecified atom stereocenters. The van der Waals surface area contributed by atoms with Gasteiger partial charge in [-0.05, 0) is 30.5 Å². The molecule has 0 heterocycles. The molecule has 20 heavy (non-hydrogen) atoms. The van der Waals surface area contributed by atoms with Crippen molar-refractivity contribution in [3.05, 3.63) is 29.8 Å². The van der Waals surface area contributed by atoms with Gasteiger partial charge in [0, 0.05) is 12.2 Å². The predicted molar refractivity (Wildman–Crippen MR) is 73.5 cm³/mol. The largest absolute Gasteiger partial charge is 0.481 e. The number of carboxylic acids is 1. The highest BCUT2D eigenvalue weighted by molar-refractivity contribution is 5.92. The van der Waals surface area contributed by atoms with Gasteiger partial charge in [0.05, 0.1) is 12.0 Å². The summed E-state index contributed by atoms with van der Waals surface area (Å²) in [5, 5.41) is 11.9. The van der Waals surface area contributed by atoms with Crippen LogP contribution in [0.2, 0.25) is 0 Å². The molecule has 0 radical (unpaired) electrons. The van der Waals surface area contributed by atoms with Gasteiger partial charge in [0.25, 0.3) is 0 Å². The van der Waals surface area contributed by atoms with E-state index >= 15 is 0 Å². The minimum Gasteiger partial charge on any atom is -0.481 e. The number of aliphatic carboxylic acids is 1. The van der Waals surface area contributed by atoms with Crippen molar-refractivity contribution in [1.29, 1.82) is 0 Å². The number of carbonyl (C=O) groups is 2. The maximum Gasteiger partial charge on any atom is 0.314 e. The van der Waals surface area contributed by atoms with Crippen molar-refractivity contribution < 1.29 is 19.4 Å². The van der Waals surface area contributed by atoms with Gasteiger partial charge in [-0.3, -0.25) is 9.59 Å². The number of rotatable bonds is 7. The van der Waals surface area contributed by atoms with Crippen molar-refractivity contribution in [3.8, 4) is 0 Å². The Labute approximate surface area is 116 Å². The fourth-order valence-electron chi connectivity index (χ4n) is 2.07. The molecule has 1 saturated carbocycles. The van der Waals surface area contributed by atoms with E-state index in [2.05, 4.69) is 5.32 Å². The molecule has 2 rings (SSSR count). The van der Waals surface area contributed by atoms with Crippen molar-refractivity contribution in [3.63, 3.8) is 0 Å². The van der Waals surface area contributed by atoms with Crippen molar-refractivity contribution in [2.45, 2.75) is 18.3 Å². The van der Waals surface area contributed by atoms with Gasteiger partial charge in [0.1, 0.15) is 6.61 Å². The van der Waals surface area contributed by atoms with Crippen LogP contribution in [0, 0.1) is 0 Å². The number of amides is 1. The second kappa shape index (κ2) is 6.02. The van der Waals surface area contributed by atoms with Crippen LogP contribution in [0.3, 0.4) is 0 Å². The van der Waals surface area contributed by atoms with Gasteiger partial charge < -0.3 is 20.9 Å². The fraction of sp³-hybridized carbons (Fsp3) is 0.429. The van der Waals surface area contributed by atoms with Gasteiger partial charge >= 0.3 is 5.97 Å². The Balaban J connectivity index is 1.92. The van der Waals surface area contributed by atoms with E-state index in [1.807, 2.05) is 0 Å². The van der Waals surface area contributed by atoms with Crippen molar-refractivity contribution in [2.75, 3.05) is 25.1 Å². The Bertz CT molecular complexity index is 494. The van der Waals surface area contributed by atoms with E-state index < -0.39 is 11.4 Å². The van der Waals surface area contributed by atoms with E-state index in [1.54, 1.807) is 24.3 Å². The van der Waals surface area contributed by atoms with E-state index in [-0.39, 0.29) is 12.5 Å². The predicted octanol–water partition coefficient (Wildman–Crippen LogP) is 0.717. The summed E-state index contributed by atoms with van der Waals surface area (Å²) < 4.78 is 5.02. The molecule has 0 spiro atoms. The molecule has 6 heteroatoms. The number of anilines is 1. The maximum absolute atomic E-state index is 11.5. The van der Waals surface area contributed by atoms with Gasteiger partial charge in [-0.15, -0.1) is 0 Å². The third kappa shape index (κ3) is 3.15. The first-order chi connectivity index (χ1) is 9.58. The molecule has 1 aliphatic rings. The van der Waals surface area contributed by atoms with Crippen LogP contribution in [0.4, 0.5) is 5.69 Å². The first kappa shape index (κ1) is 14.5. The minimum absolute atomic E-state index is 0.0436. The molecule has 6 nitrogen and oxygen atoms in total. The summed E-state index contributed by atoms with van der Waals surface area (Å²) in [7, 11) is 0. The summed E-state index contributed by atoms with van der Waals surface area (Å²) in [5.74, 6) is -1.05. The van der Waals surface area contributed by atoms with Crippen molar-refractivity contribution >= 4 is 17.6 Å². The standard InChI is InChI=1S/C14H18N2O4/c15-7-8-20-9-12(17)16-11-3-1-10(2-4-11)14(5-6-14)13(18)19/h1-4H,5-9,15H2,(H,16,17)(H,18,19). The summed E-state index contributed by atoms with van der Waals surface area (Å²) in [6, 6.07) is 6.91. The van der Waals surface area contributed by atoms with Crippen LogP contribution < -0.4 is 11.1 Å². The lowest BCUT2D eigenvalue weighted by Gasteiger charge is -2.11. The first-order valence-corrected chi connectivity index (χ1v) is 6.50. The number of ether oxygens (including phenoxy) is 1. The SMILES string of the molecule is NCCOCC(=O)Nc1ccc(C2(C(=O)O)CC2)cc1. The Morgan fingerprint density at radius 1 is 1.30 bits per heavy atom. The molecule has 1 aliphatic carbocycles. The number of carbonyl (C=O) groups excluding carboxylic acids is 1. The van der Waals surface area contributed by atoms with Gasteiger partial charge in [0.15, 0.2) is 0 Å². The van der Waals surface area contributed by atoms with Crippen LogP contribution in [0.15, 0.2) is 24.3 Å². The fourth-order valence-corrected chi connectivity index (χ4v) is 2.07. The summed E-state index contributed by atoms with van der Waals surface area (Å²) in [6.07, 6.45) is 1.34. The monoisotopic (exact) mass is 278 g/mol. The smallest absolute Gasteiger partial charge is 0.314 e. The number of nitrogens with one attached hydrogen (secondary N) is 1. The zero-order chi connectivity index (χ0) is 14.6. The van der Waals surface area contributed by atoms with Gasteiger partial charge in [0.2, 0.25) is 5.91 Å². The zero-order valence-electron chi connectivity index (χ0n) is 11.1. The average Bonchev–Trinajstić information content (AvgIpc) is 3.21. The zero-order valence-corrected chi connectivity index (χ0v) is 11.1. The molecule has 108 valence electrons. The molecular weight excluding hydrogens is 260 g/mol. The van der Waals surface area contributed by atoms with Crippen molar-refractivity contribution in [2.24, 2.45) is 5.73 Å². The molecule has 0 aliphatic heterocycles. The summed E-state index contributed by atoms with van der Waals surface area (Å²) in [4.78, 5) is 22.7.